The average Bonchev–Trinajstić information content (AvgIpc) is 2.86. The van der Waals surface area contributed by atoms with Crippen LogP contribution in [0.1, 0.15) is 12.1 Å². The fourth-order valence-corrected chi connectivity index (χ4v) is 1.73. The van der Waals surface area contributed by atoms with Crippen molar-refractivity contribution in [1.29, 1.82) is 0 Å². The summed E-state index contributed by atoms with van der Waals surface area (Å²) in [6, 6.07) is 0.852. The molecule has 2 N–H and O–H groups in total. The van der Waals surface area contributed by atoms with Gasteiger partial charge in [0.05, 0.1) is 12.7 Å². The van der Waals surface area contributed by atoms with E-state index < -0.39 is 18.0 Å². The fraction of sp³-hybridized carbons (Fsp3) is 0.545. The van der Waals surface area contributed by atoms with E-state index in [0.29, 0.717) is 6.42 Å². The molecule has 2 aromatic heterocycles. The third kappa shape index (κ3) is 3.79. The van der Waals surface area contributed by atoms with E-state index in [4.69, 9.17) is 4.74 Å². The van der Waals surface area contributed by atoms with Crippen molar-refractivity contribution in [2.24, 2.45) is 0 Å². The lowest BCUT2D eigenvalue weighted by Crippen LogP contribution is -2.20. The molecule has 2 heterocycles. The van der Waals surface area contributed by atoms with Crippen molar-refractivity contribution in [2.75, 3.05) is 25.6 Å². The highest BCUT2D eigenvalue weighted by Crippen LogP contribution is 2.29. The quantitative estimate of drug-likeness (QED) is 0.826. The Morgan fingerprint density at radius 2 is 2.24 bits per heavy atom. The summed E-state index contributed by atoms with van der Waals surface area (Å²) in [4.78, 5) is 7.05. The average molecular weight is 305 g/mol. The molecule has 2 aromatic rings. The van der Waals surface area contributed by atoms with E-state index >= 15 is 0 Å². The smallest absolute Gasteiger partial charge is 0.391 e. The zero-order chi connectivity index (χ0) is 15.5. The Morgan fingerprint density at radius 1 is 1.48 bits per heavy atom. The minimum Gasteiger partial charge on any atom is -0.391 e. The molecule has 0 saturated heterocycles. The molecular weight excluding hydrogens is 291 g/mol. The Bertz CT molecular complexity index is 601. The number of hydrogen-bond acceptors (Lipinski definition) is 6. The van der Waals surface area contributed by atoms with Crippen LogP contribution >= 0.6 is 0 Å². The maximum atomic E-state index is 12.7. The third-order valence-corrected chi connectivity index (χ3v) is 2.69. The standard InChI is InChI=1S/C11H14F3N5O2/c1-21-5-7(20)2-3-15-9-4-8(11(12,13)14)18-10-16-6-17-19(9)10/h4,6-7,15,20H,2-3,5H2,1H3. The van der Waals surface area contributed by atoms with Crippen molar-refractivity contribution in [3.8, 4) is 0 Å². The molecule has 0 aliphatic carbocycles. The van der Waals surface area contributed by atoms with E-state index in [1.54, 1.807) is 0 Å². The summed E-state index contributed by atoms with van der Waals surface area (Å²) in [5, 5.41) is 16.1. The van der Waals surface area contributed by atoms with Gasteiger partial charge in [0, 0.05) is 19.7 Å². The first-order valence-electron chi connectivity index (χ1n) is 6.10. The summed E-state index contributed by atoms with van der Waals surface area (Å²) < 4.78 is 44.2. The number of hydrogen-bond donors (Lipinski definition) is 2. The van der Waals surface area contributed by atoms with Crippen LogP contribution in [0, 0.1) is 0 Å². The molecule has 1 atom stereocenters. The van der Waals surface area contributed by atoms with Crippen LogP contribution in [0.25, 0.3) is 5.78 Å². The lowest BCUT2D eigenvalue weighted by atomic mass is 10.2. The molecule has 0 aromatic carbocycles. The summed E-state index contributed by atoms with van der Waals surface area (Å²) in [5.41, 5.74) is -1.05. The zero-order valence-electron chi connectivity index (χ0n) is 11.1. The number of nitrogens with one attached hydrogen (secondary N) is 1. The van der Waals surface area contributed by atoms with Gasteiger partial charge in [0.25, 0.3) is 5.78 Å². The van der Waals surface area contributed by atoms with Crippen molar-refractivity contribution < 1.29 is 23.0 Å². The Morgan fingerprint density at radius 3 is 2.90 bits per heavy atom. The first-order chi connectivity index (χ1) is 9.91. The van der Waals surface area contributed by atoms with Gasteiger partial charge in [0.15, 0.2) is 5.69 Å². The van der Waals surface area contributed by atoms with Gasteiger partial charge in [-0.05, 0) is 6.42 Å². The maximum Gasteiger partial charge on any atom is 0.433 e. The second kappa shape index (κ2) is 6.22. The van der Waals surface area contributed by atoms with Gasteiger partial charge in [-0.25, -0.2) is 4.98 Å². The van der Waals surface area contributed by atoms with E-state index in [1.165, 1.54) is 7.11 Å². The van der Waals surface area contributed by atoms with Gasteiger partial charge >= 0.3 is 6.18 Å². The minimum atomic E-state index is -4.57. The minimum absolute atomic E-state index is 0.106. The predicted molar refractivity (Wildman–Crippen MR) is 66.8 cm³/mol. The first-order valence-corrected chi connectivity index (χ1v) is 6.10. The molecule has 0 saturated carbocycles. The normalized spacial score (nSPS) is 13.6. The molecule has 116 valence electrons. The molecule has 1 unspecified atom stereocenters. The van der Waals surface area contributed by atoms with Gasteiger partial charge in [-0.1, -0.05) is 0 Å². The molecule has 2 rings (SSSR count). The van der Waals surface area contributed by atoms with Crippen LogP contribution in [-0.2, 0) is 10.9 Å². The van der Waals surface area contributed by atoms with Crippen molar-refractivity contribution >= 4 is 11.6 Å². The van der Waals surface area contributed by atoms with Crippen LogP contribution in [0.5, 0.6) is 0 Å². The lowest BCUT2D eigenvalue weighted by molar-refractivity contribution is -0.141. The Labute approximate surface area is 117 Å². The molecule has 0 spiro atoms. The number of rotatable bonds is 6. The van der Waals surface area contributed by atoms with Gasteiger partial charge in [0.2, 0.25) is 0 Å². The third-order valence-electron chi connectivity index (χ3n) is 2.69. The Kier molecular flexibility index (Phi) is 4.58. The van der Waals surface area contributed by atoms with Gasteiger partial charge in [0.1, 0.15) is 12.1 Å². The molecule has 10 heteroatoms. The highest BCUT2D eigenvalue weighted by atomic mass is 19.4. The van der Waals surface area contributed by atoms with Crippen LogP contribution in [0.15, 0.2) is 12.4 Å². The van der Waals surface area contributed by atoms with Crippen LogP contribution < -0.4 is 5.32 Å². The number of aliphatic hydroxyl groups is 1. The molecule has 0 amide bonds. The molecule has 0 aliphatic rings. The summed E-state index contributed by atoms with van der Waals surface area (Å²) in [5.74, 6) is -0.0424. The Balaban J connectivity index is 2.16. The number of ether oxygens (including phenoxy) is 1. The van der Waals surface area contributed by atoms with Crippen LogP contribution in [0.3, 0.4) is 0 Å². The highest BCUT2D eigenvalue weighted by Gasteiger charge is 2.34. The second-order valence-electron chi connectivity index (χ2n) is 4.32. The van der Waals surface area contributed by atoms with Crippen molar-refractivity contribution in [2.45, 2.75) is 18.7 Å². The highest BCUT2D eigenvalue weighted by molar-refractivity contribution is 5.45. The largest absolute Gasteiger partial charge is 0.433 e. The van der Waals surface area contributed by atoms with E-state index in [1.807, 2.05) is 0 Å². The van der Waals surface area contributed by atoms with Crippen molar-refractivity contribution in [3.63, 3.8) is 0 Å². The molecular formula is C11H14F3N5O2. The van der Waals surface area contributed by atoms with E-state index in [-0.39, 0.29) is 24.7 Å². The monoisotopic (exact) mass is 305 g/mol. The molecule has 0 aliphatic heterocycles. The number of anilines is 1. The van der Waals surface area contributed by atoms with Crippen molar-refractivity contribution in [3.05, 3.63) is 18.1 Å². The number of aliphatic hydroxyl groups excluding tert-OH is 1. The van der Waals surface area contributed by atoms with Gasteiger partial charge < -0.3 is 15.2 Å². The number of alkyl halides is 3. The van der Waals surface area contributed by atoms with E-state index in [2.05, 4.69) is 20.4 Å². The second-order valence-corrected chi connectivity index (χ2v) is 4.32. The molecule has 0 bridgehead atoms. The lowest BCUT2D eigenvalue weighted by Gasteiger charge is -2.13. The summed E-state index contributed by atoms with van der Waals surface area (Å²) >= 11 is 0. The van der Waals surface area contributed by atoms with Crippen LogP contribution in [0.2, 0.25) is 0 Å². The van der Waals surface area contributed by atoms with Crippen LogP contribution in [-0.4, -0.2) is 51.1 Å². The van der Waals surface area contributed by atoms with Crippen molar-refractivity contribution in [1.82, 2.24) is 19.6 Å². The zero-order valence-corrected chi connectivity index (χ0v) is 11.1. The van der Waals surface area contributed by atoms with Crippen LogP contribution in [0.4, 0.5) is 19.0 Å². The fourth-order valence-electron chi connectivity index (χ4n) is 1.73. The molecule has 0 radical (unpaired) electrons. The molecule has 21 heavy (non-hydrogen) atoms. The SMILES string of the molecule is COCC(O)CCNc1cc(C(F)(F)F)nc2ncnn12. The maximum absolute atomic E-state index is 12.7. The van der Waals surface area contributed by atoms with E-state index in [0.717, 1.165) is 16.9 Å². The summed E-state index contributed by atoms with van der Waals surface area (Å²) in [6.45, 7) is 0.408. The Hall–Kier alpha value is -1.94. The number of methoxy groups -OCH3 is 1. The van der Waals surface area contributed by atoms with Gasteiger partial charge in [-0.3, -0.25) is 0 Å². The topological polar surface area (TPSA) is 84.6 Å². The number of aromatic nitrogens is 4. The van der Waals surface area contributed by atoms with Gasteiger partial charge in [-0.15, -0.1) is 0 Å². The van der Waals surface area contributed by atoms with E-state index in [9.17, 15) is 18.3 Å². The molecule has 0 fully saturated rings. The first kappa shape index (κ1) is 15.4. The predicted octanol–water partition coefficient (Wildman–Crippen LogP) is 0.952. The summed E-state index contributed by atoms with van der Waals surface area (Å²) in [6.07, 6.45) is -3.83. The molecule has 7 nitrogen and oxygen atoms in total. The summed E-state index contributed by atoms with van der Waals surface area (Å²) in [7, 11) is 1.45. The number of fused-ring (bicyclic) bond motifs is 1. The number of halogens is 3. The van der Waals surface area contributed by atoms with Gasteiger partial charge in [-0.2, -0.15) is 27.8 Å². The number of nitrogens with zero attached hydrogens (tertiary/aromatic N) is 4.